The van der Waals surface area contributed by atoms with E-state index in [1.165, 1.54) is 18.2 Å². The topological polar surface area (TPSA) is 86.3 Å². The number of alkyl halides is 3. The molecular weight excluding hydrogens is 423 g/mol. The summed E-state index contributed by atoms with van der Waals surface area (Å²) < 4.78 is 44.2. The van der Waals surface area contributed by atoms with Crippen LogP contribution in [0.5, 0.6) is 5.75 Å². The van der Waals surface area contributed by atoms with Crippen molar-refractivity contribution in [1.82, 2.24) is 9.88 Å². The molecule has 0 spiro atoms. The second-order valence-corrected chi connectivity index (χ2v) is 7.42. The SMILES string of the molecule is NCC[C@H]1CNC(=O)c2cc(-c3cccc(OC(F)(F)F)c3)c(-c3ccc(C=O)cc3)n21. The summed E-state index contributed by atoms with van der Waals surface area (Å²) >= 11 is 0. The number of halogens is 3. The number of aromatic nitrogens is 1. The Morgan fingerprint density at radius 2 is 1.88 bits per heavy atom. The van der Waals surface area contributed by atoms with Gasteiger partial charge in [0.05, 0.1) is 11.7 Å². The number of hydrogen-bond acceptors (Lipinski definition) is 4. The number of nitrogens with zero attached hydrogens (tertiary/aromatic N) is 1. The van der Waals surface area contributed by atoms with E-state index in [0.29, 0.717) is 47.6 Å². The van der Waals surface area contributed by atoms with Crippen molar-refractivity contribution in [2.75, 3.05) is 13.1 Å². The van der Waals surface area contributed by atoms with E-state index in [0.717, 1.165) is 11.8 Å². The fourth-order valence-corrected chi connectivity index (χ4v) is 3.99. The van der Waals surface area contributed by atoms with Crippen molar-refractivity contribution in [3.8, 4) is 28.1 Å². The van der Waals surface area contributed by atoms with Crippen molar-refractivity contribution < 1.29 is 27.5 Å². The predicted molar refractivity (Wildman–Crippen MR) is 112 cm³/mol. The Morgan fingerprint density at radius 3 is 2.53 bits per heavy atom. The number of carbonyl (C=O) groups is 2. The van der Waals surface area contributed by atoms with Gasteiger partial charge in [-0.05, 0) is 42.3 Å². The number of nitrogens with two attached hydrogens (primary N) is 1. The predicted octanol–water partition coefficient (Wildman–Crippen LogP) is 4.17. The number of nitrogens with one attached hydrogen (secondary N) is 1. The van der Waals surface area contributed by atoms with Crippen LogP contribution in [0, 0.1) is 0 Å². The first-order chi connectivity index (χ1) is 15.3. The van der Waals surface area contributed by atoms with Gasteiger partial charge in [0.15, 0.2) is 0 Å². The molecule has 32 heavy (non-hydrogen) atoms. The third kappa shape index (κ3) is 4.24. The molecular formula is C23H20F3N3O3. The molecule has 0 radical (unpaired) electrons. The molecule has 1 atom stereocenters. The molecule has 0 unspecified atom stereocenters. The first-order valence-corrected chi connectivity index (χ1v) is 9.96. The second kappa shape index (κ2) is 8.51. The van der Waals surface area contributed by atoms with E-state index >= 15 is 0 Å². The maximum atomic E-state index is 12.7. The van der Waals surface area contributed by atoms with Crippen LogP contribution in [0.15, 0.2) is 54.6 Å². The molecule has 4 rings (SSSR count). The number of aldehydes is 1. The summed E-state index contributed by atoms with van der Waals surface area (Å²) in [5, 5.41) is 2.84. The third-order valence-corrected chi connectivity index (χ3v) is 5.33. The average Bonchev–Trinajstić information content (AvgIpc) is 3.17. The van der Waals surface area contributed by atoms with Gasteiger partial charge in [0.2, 0.25) is 0 Å². The zero-order valence-corrected chi connectivity index (χ0v) is 16.9. The van der Waals surface area contributed by atoms with E-state index in [2.05, 4.69) is 10.1 Å². The Morgan fingerprint density at radius 1 is 1.12 bits per heavy atom. The average molecular weight is 443 g/mol. The van der Waals surface area contributed by atoms with Gasteiger partial charge in [-0.2, -0.15) is 0 Å². The molecule has 0 bridgehead atoms. The van der Waals surface area contributed by atoms with Gasteiger partial charge in [0.25, 0.3) is 5.91 Å². The zero-order chi connectivity index (χ0) is 22.9. The summed E-state index contributed by atoms with van der Waals surface area (Å²) in [6, 6.07) is 13.9. The van der Waals surface area contributed by atoms with Crippen LogP contribution in [0.4, 0.5) is 13.2 Å². The van der Waals surface area contributed by atoms with E-state index in [9.17, 15) is 22.8 Å². The van der Waals surface area contributed by atoms with Gasteiger partial charge in [-0.25, -0.2) is 0 Å². The Hall–Kier alpha value is -3.59. The summed E-state index contributed by atoms with van der Waals surface area (Å²) in [6.45, 7) is 0.777. The lowest BCUT2D eigenvalue weighted by atomic mass is 10.00. The highest BCUT2D eigenvalue weighted by Gasteiger charge is 2.32. The van der Waals surface area contributed by atoms with Gasteiger partial charge in [-0.15, -0.1) is 13.2 Å². The van der Waals surface area contributed by atoms with Crippen molar-refractivity contribution in [3.63, 3.8) is 0 Å². The van der Waals surface area contributed by atoms with Crippen molar-refractivity contribution in [2.45, 2.75) is 18.8 Å². The van der Waals surface area contributed by atoms with Crippen LogP contribution in [-0.2, 0) is 0 Å². The molecule has 1 aliphatic rings. The third-order valence-electron chi connectivity index (χ3n) is 5.33. The molecule has 9 heteroatoms. The lowest BCUT2D eigenvalue weighted by Gasteiger charge is -2.28. The van der Waals surface area contributed by atoms with Crippen LogP contribution in [0.1, 0.15) is 33.3 Å². The molecule has 3 N–H and O–H groups in total. The number of rotatable bonds is 6. The molecule has 2 aromatic carbocycles. The Bertz CT molecular complexity index is 1150. The maximum absolute atomic E-state index is 12.7. The minimum Gasteiger partial charge on any atom is -0.406 e. The highest BCUT2D eigenvalue weighted by atomic mass is 19.4. The molecule has 166 valence electrons. The molecule has 6 nitrogen and oxygen atoms in total. The number of benzene rings is 2. The van der Waals surface area contributed by atoms with Crippen LogP contribution in [0.2, 0.25) is 0 Å². The molecule has 0 saturated heterocycles. The molecule has 1 aromatic heterocycles. The molecule has 3 aromatic rings. The Labute approximate surface area is 181 Å². The minimum atomic E-state index is -4.82. The lowest BCUT2D eigenvalue weighted by Crippen LogP contribution is -2.39. The summed E-state index contributed by atoms with van der Waals surface area (Å²) in [6.07, 6.45) is -3.50. The van der Waals surface area contributed by atoms with Crippen LogP contribution in [0.3, 0.4) is 0 Å². The van der Waals surface area contributed by atoms with Crippen molar-refractivity contribution in [2.24, 2.45) is 5.73 Å². The number of amides is 1. The van der Waals surface area contributed by atoms with Crippen LogP contribution in [0.25, 0.3) is 22.4 Å². The normalized spacial score (nSPS) is 15.8. The summed E-state index contributed by atoms with van der Waals surface area (Å²) in [4.78, 5) is 23.7. The summed E-state index contributed by atoms with van der Waals surface area (Å²) in [5.41, 5.74) is 9.08. The van der Waals surface area contributed by atoms with E-state index in [1.54, 1.807) is 36.4 Å². The van der Waals surface area contributed by atoms with Gasteiger partial charge in [-0.1, -0.05) is 36.4 Å². The van der Waals surface area contributed by atoms with Crippen LogP contribution >= 0.6 is 0 Å². The van der Waals surface area contributed by atoms with Crippen LogP contribution < -0.4 is 15.8 Å². The van der Waals surface area contributed by atoms with Gasteiger partial charge in [0.1, 0.15) is 17.7 Å². The standard InChI is InChI=1S/C23H20F3N3O3/c24-23(25,26)32-18-3-1-2-16(10-18)19-11-20-22(31)28-12-17(8-9-27)29(20)21(19)15-6-4-14(13-30)5-7-15/h1-7,10-11,13,17H,8-9,12,27H2,(H,28,31)/t17-/m0/s1. The Balaban J connectivity index is 1.93. The fraction of sp³-hybridized carbons (Fsp3) is 0.217. The smallest absolute Gasteiger partial charge is 0.406 e. The zero-order valence-electron chi connectivity index (χ0n) is 16.9. The van der Waals surface area contributed by atoms with E-state index in [1.807, 2.05) is 4.57 Å². The van der Waals surface area contributed by atoms with E-state index in [-0.39, 0.29) is 17.7 Å². The quantitative estimate of drug-likeness (QED) is 0.560. The number of fused-ring (bicyclic) bond motifs is 1. The number of ether oxygens (including phenoxy) is 1. The van der Waals surface area contributed by atoms with E-state index < -0.39 is 6.36 Å². The number of hydrogen-bond donors (Lipinski definition) is 2. The molecule has 2 heterocycles. The lowest BCUT2D eigenvalue weighted by molar-refractivity contribution is -0.274. The number of carbonyl (C=O) groups excluding carboxylic acids is 2. The summed E-state index contributed by atoms with van der Waals surface area (Å²) in [5.74, 6) is -0.637. The fourth-order valence-electron chi connectivity index (χ4n) is 3.99. The van der Waals surface area contributed by atoms with Gasteiger partial charge >= 0.3 is 6.36 Å². The summed E-state index contributed by atoms with van der Waals surface area (Å²) in [7, 11) is 0. The first kappa shape index (κ1) is 21.6. The highest BCUT2D eigenvalue weighted by molar-refractivity contribution is 5.99. The van der Waals surface area contributed by atoms with E-state index in [4.69, 9.17) is 5.73 Å². The molecule has 0 saturated carbocycles. The second-order valence-electron chi connectivity index (χ2n) is 7.42. The van der Waals surface area contributed by atoms with Gasteiger partial charge in [0, 0.05) is 17.7 Å². The van der Waals surface area contributed by atoms with Crippen LogP contribution in [-0.4, -0.2) is 36.2 Å². The molecule has 0 aliphatic carbocycles. The van der Waals surface area contributed by atoms with Gasteiger partial charge in [-0.3, -0.25) is 9.59 Å². The van der Waals surface area contributed by atoms with Crippen molar-refractivity contribution >= 4 is 12.2 Å². The Kier molecular flexibility index (Phi) is 5.75. The molecule has 1 amide bonds. The van der Waals surface area contributed by atoms with Crippen molar-refractivity contribution in [3.05, 3.63) is 65.9 Å². The molecule has 0 fully saturated rings. The van der Waals surface area contributed by atoms with Crippen molar-refractivity contribution in [1.29, 1.82) is 0 Å². The van der Waals surface area contributed by atoms with Gasteiger partial charge < -0.3 is 20.4 Å². The highest BCUT2D eigenvalue weighted by Crippen LogP contribution is 2.40. The molecule has 1 aliphatic heterocycles. The monoisotopic (exact) mass is 443 g/mol. The first-order valence-electron chi connectivity index (χ1n) is 9.96. The minimum absolute atomic E-state index is 0.128. The maximum Gasteiger partial charge on any atom is 0.573 e. The largest absolute Gasteiger partial charge is 0.573 e.